The lowest BCUT2D eigenvalue weighted by atomic mass is 9.93. The monoisotopic (exact) mass is 241 g/mol. The lowest BCUT2D eigenvalue weighted by Gasteiger charge is -2.19. The maximum Gasteiger partial charge on any atom is 0.240 e. The molecule has 0 aliphatic carbocycles. The third-order valence-electron chi connectivity index (χ3n) is 3.44. The molecule has 1 unspecified atom stereocenters. The molecule has 1 aliphatic heterocycles. The highest BCUT2D eigenvalue weighted by molar-refractivity contribution is 6.07. The molecule has 4 nitrogen and oxygen atoms in total. The molecule has 92 valence electrons. The average Bonchev–Trinajstić information content (AvgIpc) is 2.71. The summed E-state index contributed by atoms with van der Waals surface area (Å²) in [5.74, 6) is 0.153. The van der Waals surface area contributed by atoms with Crippen LogP contribution in [0.5, 0.6) is 0 Å². The molecule has 0 spiro atoms. The van der Waals surface area contributed by atoms with Gasteiger partial charge in [-0.1, -0.05) is 13.0 Å². The van der Waals surface area contributed by atoms with Crippen molar-refractivity contribution >= 4 is 22.5 Å². The van der Waals surface area contributed by atoms with Crippen molar-refractivity contribution in [2.24, 2.45) is 11.0 Å². The van der Waals surface area contributed by atoms with Crippen LogP contribution in [0.2, 0.25) is 0 Å². The fourth-order valence-electron chi connectivity index (χ4n) is 2.42. The quantitative estimate of drug-likeness (QED) is 0.791. The summed E-state index contributed by atoms with van der Waals surface area (Å²) in [7, 11) is 0. The van der Waals surface area contributed by atoms with Crippen LogP contribution in [0.25, 0.3) is 10.9 Å². The summed E-state index contributed by atoms with van der Waals surface area (Å²) >= 11 is 0. The van der Waals surface area contributed by atoms with E-state index in [0.29, 0.717) is 6.42 Å². The van der Waals surface area contributed by atoms with Gasteiger partial charge in [0, 0.05) is 29.4 Å². The number of nitrogens with one attached hydrogen (secondary N) is 2. The van der Waals surface area contributed by atoms with Crippen LogP contribution in [0.4, 0.5) is 0 Å². The Bertz CT molecular complexity index is 654. The van der Waals surface area contributed by atoms with Crippen LogP contribution in [-0.4, -0.2) is 16.6 Å². The number of hydrazone groups is 1. The highest BCUT2D eigenvalue weighted by Gasteiger charge is 2.21. The summed E-state index contributed by atoms with van der Waals surface area (Å²) in [5, 5.41) is 5.40. The fourth-order valence-corrected chi connectivity index (χ4v) is 2.42. The van der Waals surface area contributed by atoms with Gasteiger partial charge in [0.15, 0.2) is 0 Å². The molecule has 0 bridgehead atoms. The molecule has 4 heteroatoms. The van der Waals surface area contributed by atoms with Crippen molar-refractivity contribution < 1.29 is 4.79 Å². The van der Waals surface area contributed by atoms with Gasteiger partial charge in [-0.25, -0.2) is 5.43 Å². The van der Waals surface area contributed by atoms with E-state index in [4.69, 9.17) is 0 Å². The van der Waals surface area contributed by atoms with Crippen molar-refractivity contribution in [1.82, 2.24) is 10.4 Å². The smallest absolute Gasteiger partial charge is 0.240 e. The Labute approximate surface area is 105 Å². The zero-order valence-corrected chi connectivity index (χ0v) is 10.4. The Hall–Kier alpha value is -2.10. The average molecular weight is 241 g/mol. The number of rotatable bonds is 1. The zero-order chi connectivity index (χ0) is 12.7. The Morgan fingerprint density at radius 1 is 1.39 bits per heavy atom. The van der Waals surface area contributed by atoms with Crippen molar-refractivity contribution in [1.29, 1.82) is 0 Å². The highest BCUT2D eigenvalue weighted by Crippen LogP contribution is 2.22. The Morgan fingerprint density at radius 2 is 2.22 bits per heavy atom. The van der Waals surface area contributed by atoms with Gasteiger partial charge in [-0.05, 0) is 30.2 Å². The minimum atomic E-state index is -0.00912. The van der Waals surface area contributed by atoms with E-state index >= 15 is 0 Å². The first kappa shape index (κ1) is 11.0. The van der Waals surface area contributed by atoms with Crippen LogP contribution in [0.1, 0.15) is 24.5 Å². The number of benzene rings is 1. The van der Waals surface area contributed by atoms with E-state index in [1.165, 1.54) is 10.9 Å². The van der Waals surface area contributed by atoms with Crippen molar-refractivity contribution in [2.45, 2.75) is 20.3 Å². The van der Waals surface area contributed by atoms with E-state index in [-0.39, 0.29) is 11.8 Å². The molecular weight excluding hydrogens is 226 g/mol. The number of aryl methyl sites for hydroxylation is 1. The third kappa shape index (κ3) is 1.70. The van der Waals surface area contributed by atoms with Crippen LogP contribution >= 0.6 is 0 Å². The maximum absolute atomic E-state index is 11.3. The number of carbonyl (C=O) groups excluding carboxylic acids is 1. The number of hydrogen-bond acceptors (Lipinski definition) is 2. The van der Waals surface area contributed by atoms with Crippen LogP contribution in [0.3, 0.4) is 0 Å². The number of nitrogens with zero attached hydrogens (tertiary/aromatic N) is 1. The van der Waals surface area contributed by atoms with E-state index in [2.05, 4.69) is 34.6 Å². The van der Waals surface area contributed by atoms with Gasteiger partial charge in [-0.3, -0.25) is 4.79 Å². The Balaban J connectivity index is 2.09. The van der Waals surface area contributed by atoms with Crippen LogP contribution in [0, 0.1) is 12.8 Å². The minimum Gasteiger partial charge on any atom is -0.361 e. The molecule has 1 atom stereocenters. The summed E-state index contributed by atoms with van der Waals surface area (Å²) in [5.41, 5.74) is 6.95. The summed E-state index contributed by atoms with van der Waals surface area (Å²) < 4.78 is 0. The number of aromatic nitrogens is 1. The second-order valence-corrected chi connectivity index (χ2v) is 4.87. The topological polar surface area (TPSA) is 57.2 Å². The van der Waals surface area contributed by atoms with E-state index in [1.54, 1.807) is 0 Å². The van der Waals surface area contributed by atoms with Gasteiger partial charge in [0.2, 0.25) is 5.91 Å². The molecule has 2 heterocycles. The van der Waals surface area contributed by atoms with Gasteiger partial charge in [-0.15, -0.1) is 0 Å². The minimum absolute atomic E-state index is 0.00912. The molecule has 0 fully saturated rings. The molecule has 0 radical (unpaired) electrons. The second-order valence-electron chi connectivity index (χ2n) is 4.87. The van der Waals surface area contributed by atoms with Crippen molar-refractivity contribution in [2.75, 3.05) is 0 Å². The molecule has 1 amide bonds. The van der Waals surface area contributed by atoms with Crippen LogP contribution < -0.4 is 5.43 Å². The SMILES string of the molecule is Cc1c[nH]c2ccc(C3=NNC(=O)CC3C)cc12. The summed E-state index contributed by atoms with van der Waals surface area (Å²) in [4.78, 5) is 14.5. The van der Waals surface area contributed by atoms with Gasteiger partial charge in [0.1, 0.15) is 0 Å². The fraction of sp³-hybridized carbons (Fsp3) is 0.286. The standard InChI is InChI=1S/C14H15N3O/c1-8-5-13(18)16-17-14(8)10-3-4-12-11(6-10)9(2)7-15-12/h3-4,6-8,15H,5H2,1-2H3,(H,16,18). The summed E-state index contributed by atoms with van der Waals surface area (Å²) in [6, 6.07) is 6.24. The molecule has 18 heavy (non-hydrogen) atoms. The molecule has 3 rings (SSSR count). The van der Waals surface area contributed by atoms with Crippen molar-refractivity contribution in [3.8, 4) is 0 Å². The molecule has 0 saturated heterocycles. The lowest BCUT2D eigenvalue weighted by molar-refractivity contribution is -0.121. The first-order chi connectivity index (χ1) is 8.65. The molecular formula is C14H15N3O. The number of aromatic amines is 1. The zero-order valence-electron chi connectivity index (χ0n) is 10.4. The third-order valence-corrected chi connectivity index (χ3v) is 3.44. The van der Waals surface area contributed by atoms with Gasteiger partial charge < -0.3 is 4.98 Å². The molecule has 1 aromatic heterocycles. The molecule has 1 aliphatic rings. The molecule has 2 aromatic rings. The Kier molecular flexibility index (Phi) is 2.44. The summed E-state index contributed by atoms with van der Waals surface area (Å²) in [6.45, 7) is 4.11. The number of fused-ring (bicyclic) bond motifs is 1. The first-order valence-corrected chi connectivity index (χ1v) is 6.09. The Morgan fingerprint density at radius 3 is 3.00 bits per heavy atom. The van der Waals surface area contributed by atoms with E-state index in [1.807, 2.05) is 19.2 Å². The van der Waals surface area contributed by atoms with E-state index in [9.17, 15) is 4.79 Å². The number of amides is 1. The van der Waals surface area contributed by atoms with Gasteiger partial charge >= 0.3 is 0 Å². The van der Waals surface area contributed by atoms with Gasteiger partial charge in [-0.2, -0.15) is 5.10 Å². The summed E-state index contributed by atoms with van der Waals surface area (Å²) in [6.07, 6.45) is 2.51. The largest absolute Gasteiger partial charge is 0.361 e. The number of H-pyrrole nitrogens is 1. The predicted octanol–water partition coefficient (Wildman–Crippen LogP) is 2.34. The van der Waals surface area contributed by atoms with E-state index in [0.717, 1.165) is 16.8 Å². The number of carbonyl (C=O) groups is 1. The van der Waals surface area contributed by atoms with Gasteiger partial charge in [0.25, 0.3) is 0 Å². The van der Waals surface area contributed by atoms with E-state index < -0.39 is 0 Å². The first-order valence-electron chi connectivity index (χ1n) is 6.09. The lowest BCUT2D eigenvalue weighted by Crippen LogP contribution is -2.31. The predicted molar refractivity (Wildman–Crippen MR) is 71.5 cm³/mol. The highest BCUT2D eigenvalue weighted by atomic mass is 16.2. The van der Waals surface area contributed by atoms with Crippen molar-refractivity contribution in [3.05, 3.63) is 35.5 Å². The second kappa shape index (κ2) is 3.98. The molecule has 1 aromatic carbocycles. The maximum atomic E-state index is 11.3. The van der Waals surface area contributed by atoms with Crippen molar-refractivity contribution in [3.63, 3.8) is 0 Å². The van der Waals surface area contributed by atoms with Crippen LogP contribution in [0.15, 0.2) is 29.5 Å². The van der Waals surface area contributed by atoms with Gasteiger partial charge in [0.05, 0.1) is 5.71 Å². The van der Waals surface area contributed by atoms with Crippen LogP contribution in [-0.2, 0) is 4.79 Å². The molecule has 0 saturated carbocycles. The normalized spacial score (nSPS) is 19.8. The number of hydrogen-bond donors (Lipinski definition) is 2. The molecule has 2 N–H and O–H groups in total.